The van der Waals surface area contributed by atoms with Crippen LogP contribution in [0.5, 0.6) is 5.75 Å². The SMILES string of the molecule is CCC(Oc1cc(Cl)c2ncc(SC)cc2c1)C(=O)NC(C)C. The summed E-state index contributed by atoms with van der Waals surface area (Å²) in [4.78, 5) is 17.6. The first-order valence-electron chi connectivity index (χ1n) is 7.55. The topological polar surface area (TPSA) is 51.2 Å². The summed E-state index contributed by atoms with van der Waals surface area (Å²) >= 11 is 7.91. The molecule has 0 saturated carbocycles. The number of halogens is 1. The van der Waals surface area contributed by atoms with E-state index in [-0.39, 0.29) is 11.9 Å². The molecule has 1 N–H and O–H groups in total. The number of rotatable bonds is 6. The summed E-state index contributed by atoms with van der Waals surface area (Å²) < 4.78 is 5.86. The highest BCUT2D eigenvalue weighted by molar-refractivity contribution is 7.98. The predicted octanol–water partition coefficient (Wildman–Crippen LogP) is 4.29. The monoisotopic (exact) mass is 352 g/mol. The van der Waals surface area contributed by atoms with Crippen molar-refractivity contribution < 1.29 is 9.53 Å². The molecule has 1 aromatic carbocycles. The summed E-state index contributed by atoms with van der Waals surface area (Å²) in [5, 5.41) is 4.29. The van der Waals surface area contributed by atoms with Crippen LogP contribution in [0.25, 0.3) is 10.9 Å². The van der Waals surface area contributed by atoms with E-state index >= 15 is 0 Å². The van der Waals surface area contributed by atoms with Crippen LogP contribution in [0.2, 0.25) is 5.02 Å². The molecule has 1 aromatic heterocycles. The minimum Gasteiger partial charge on any atom is -0.481 e. The first kappa shape index (κ1) is 17.9. The van der Waals surface area contributed by atoms with Crippen molar-refractivity contribution >= 4 is 40.2 Å². The molecule has 0 fully saturated rings. The van der Waals surface area contributed by atoms with Gasteiger partial charge in [0.15, 0.2) is 6.10 Å². The molecule has 2 aromatic rings. The standard InChI is InChI=1S/C17H21ClN2O2S/c1-5-15(17(21)20-10(2)3)22-12-6-11-7-13(23-4)9-19-16(11)14(18)8-12/h6-10,15H,5H2,1-4H3,(H,20,21). The Morgan fingerprint density at radius 1 is 1.39 bits per heavy atom. The van der Waals surface area contributed by atoms with Crippen LogP contribution in [-0.4, -0.2) is 29.3 Å². The molecule has 124 valence electrons. The van der Waals surface area contributed by atoms with Gasteiger partial charge in [0.05, 0.1) is 10.5 Å². The minimum atomic E-state index is -0.539. The first-order chi connectivity index (χ1) is 10.9. The Bertz CT molecular complexity index is 706. The van der Waals surface area contributed by atoms with Crippen LogP contribution >= 0.6 is 23.4 Å². The van der Waals surface area contributed by atoms with E-state index in [9.17, 15) is 4.79 Å². The van der Waals surface area contributed by atoms with Crippen molar-refractivity contribution in [3.63, 3.8) is 0 Å². The van der Waals surface area contributed by atoms with E-state index < -0.39 is 6.10 Å². The van der Waals surface area contributed by atoms with Crippen LogP contribution in [0.1, 0.15) is 27.2 Å². The third-order valence-corrected chi connectivity index (χ3v) is 4.28. The molecule has 0 bridgehead atoms. The molecule has 0 spiro atoms. The van der Waals surface area contributed by atoms with E-state index in [2.05, 4.69) is 10.3 Å². The molecule has 0 aliphatic carbocycles. The predicted molar refractivity (Wildman–Crippen MR) is 96.5 cm³/mol. The molecule has 0 aliphatic rings. The van der Waals surface area contributed by atoms with Crippen molar-refractivity contribution in [3.05, 3.63) is 29.4 Å². The molecule has 0 aliphatic heterocycles. The Labute approximate surface area is 146 Å². The zero-order chi connectivity index (χ0) is 17.0. The Morgan fingerprint density at radius 3 is 2.74 bits per heavy atom. The summed E-state index contributed by atoms with van der Waals surface area (Å²) in [7, 11) is 0. The molecule has 2 rings (SSSR count). The zero-order valence-electron chi connectivity index (χ0n) is 13.7. The summed E-state index contributed by atoms with van der Waals surface area (Å²) in [6.07, 6.45) is 3.83. The minimum absolute atomic E-state index is 0.0775. The number of thioether (sulfide) groups is 1. The Kier molecular flexibility index (Phi) is 6.13. The van der Waals surface area contributed by atoms with E-state index in [1.807, 2.05) is 39.2 Å². The maximum absolute atomic E-state index is 12.2. The Balaban J connectivity index is 2.29. The molecule has 4 nitrogen and oxygen atoms in total. The molecule has 6 heteroatoms. The van der Waals surface area contributed by atoms with Gasteiger partial charge in [0, 0.05) is 28.6 Å². The van der Waals surface area contributed by atoms with Crippen molar-refractivity contribution in [3.8, 4) is 5.75 Å². The van der Waals surface area contributed by atoms with E-state index in [1.54, 1.807) is 24.0 Å². The fourth-order valence-corrected chi connectivity index (χ4v) is 2.87. The van der Waals surface area contributed by atoms with Gasteiger partial charge in [-0.1, -0.05) is 18.5 Å². The van der Waals surface area contributed by atoms with Crippen LogP contribution in [0.15, 0.2) is 29.3 Å². The molecule has 1 amide bonds. The highest BCUT2D eigenvalue weighted by Gasteiger charge is 2.19. The van der Waals surface area contributed by atoms with Crippen LogP contribution in [0, 0.1) is 0 Å². The largest absolute Gasteiger partial charge is 0.481 e. The quantitative estimate of drug-likeness (QED) is 0.788. The Hall–Kier alpha value is -1.46. The van der Waals surface area contributed by atoms with E-state index in [4.69, 9.17) is 16.3 Å². The van der Waals surface area contributed by atoms with E-state index in [1.165, 1.54) is 0 Å². The Morgan fingerprint density at radius 2 is 2.13 bits per heavy atom. The van der Waals surface area contributed by atoms with Gasteiger partial charge in [0.1, 0.15) is 5.75 Å². The average Bonchev–Trinajstić information content (AvgIpc) is 2.51. The molecule has 0 radical (unpaired) electrons. The maximum Gasteiger partial charge on any atom is 0.261 e. The average molecular weight is 353 g/mol. The summed E-state index contributed by atoms with van der Waals surface area (Å²) in [6, 6.07) is 5.68. The lowest BCUT2D eigenvalue weighted by molar-refractivity contribution is -0.128. The number of hydrogen-bond acceptors (Lipinski definition) is 4. The lowest BCUT2D eigenvalue weighted by Crippen LogP contribution is -2.41. The highest BCUT2D eigenvalue weighted by Crippen LogP contribution is 2.30. The van der Waals surface area contributed by atoms with Gasteiger partial charge in [0.25, 0.3) is 5.91 Å². The molecular formula is C17H21ClN2O2S. The van der Waals surface area contributed by atoms with Crippen LogP contribution in [0.3, 0.4) is 0 Å². The lowest BCUT2D eigenvalue weighted by Gasteiger charge is -2.19. The number of aromatic nitrogens is 1. The van der Waals surface area contributed by atoms with Crippen LogP contribution < -0.4 is 10.1 Å². The number of benzene rings is 1. The lowest BCUT2D eigenvalue weighted by atomic mass is 10.2. The van der Waals surface area contributed by atoms with E-state index in [0.29, 0.717) is 17.2 Å². The number of fused-ring (bicyclic) bond motifs is 1. The van der Waals surface area contributed by atoms with Crippen molar-refractivity contribution in [1.29, 1.82) is 0 Å². The normalized spacial score (nSPS) is 12.4. The van der Waals surface area contributed by atoms with Gasteiger partial charge >= 0.3 is 0 Å². The second-order valence-electron chi connectivity index (χ2n) is 5.53. The second-order valence-corrected chi connectivity index (χ2v) is 6.82. The summed E-state index contributed by atoms with van der Waals surface area (Å²) in [5.41, 5.74) is 0.733. The third kappa shape index (κ3) is 4.52. The molecule has 23 heavy (non-hydrogen) atoms. The maximum atomic E-state index is 12.2. The van der Waals surface area contributed by atoms with Crippen molar-refractivity contribution in [2.75, 3.05) is 6.26 Å². The third-order valence-electron chi connectivity index (χ3n) is 3.29. The molecule has 1 atom stereocenters. The molecular weight excluding hydrogens is 332 g/mol. The van der Waals surface area contributed by atoms with Gasteiger partial charge in [-0.25, -0.2) is 0 Å². The number of nitrogens with one attached hydrogen (secondary N) is 1. The number of carbonyl (C=O) groups is 1. The second kappa shape index (κ2) is 7.88. The van der Waals surface area contributed by atoms with Crippen molar-refractivity contribution in [1.82, 2.24) is 10.3 Å². The number of carbonyl (C=O) groups excluding carboxylic acids is 1. The molecule has 1 heterocycles. The zero-order valence-corrected chi connectivity index (χ0v) is 15.3. The van der Waals surface area contributed by atoms with Gasteiger partial charge in [-0.3, -0.25) is 9.78 Å². The summed E-state index contributed by atoms with van der Waals surface area (Å²) in [5.74, 6) is 0.461. The van der Waals surface area contributed by atoms with Crippen LogP contribution in [-0.2, 0) is 4.79 Å². The number of ether oxygens (including phenoxy) is 1. The number of nitrogens with zero attached hydrogens (tertiary/aromatic N) is 1. The van der Waals surface area contributed by atoms with Crippen molar-refractivity contribution in [2.45, 2.75) is 44.2 Å². The molecule has 0 saturated heterocycles. The van der Waals surface area contributed by atoms with Gasteiger partial charge in [-0.05, 0) is 38.7 Å². The smallest absolute Gasteiger partial charge is 0.261 e. The van der Waals surface area contributed by atoms with Gasteiger partial charge in [-0.15, -0.1) is 11.8 Å². The van der Waals surface area contributed by atoms with Crippen LogP contribution in [0.4, 0.5) is 0 Å². The van der Waals surface area contributed by atoms with Gasteiger partial charge in [0.2, 0.25) is 0 Å². The fourth-order valence-electron chi connectivity index (χ4n) is 2.20. The summed E-state index contributed by atoms with van der Waals surface area (Å²) in [6.45, 7) is 5.76. The number of amides is 1. The van der Waals surface area contributed by atoms with E-state index in [0.717, 1.165) is 15.8 Å². The number of pyridine rings is 1. The highest BCUT2D eigenvalue weighted by atomic mass is 35.5. The van der Waals surface area contributed by atoms with Crippen molar-refractivity contribution in [2.24, 2.45) is 0 Å². The fraction of sp³-hybridized carbons (Fsp3) is 0.412. The van der Waals surface area contributed by atoms with Gasteiger partial charge < -0.3 is 10.1 Å². The molecule has 1 unspecified atom stereocenters. The number of hydrogen-bond donors (Lipinski definition) is 1. The first-order valence-corrected chi connectivity index (χ1v) is 9.15. The van der Waals surface area contributed by atoms with Gasteiger partial charge in [-0.2, -0.15) is 0 Å².